The molecule has 0 aliphatic heterocycles. The third-order valence-corrected chi connectivity index (χ3v) is 3.49. The van der Waals surface area contributed by atoms with E-state index in [2.05, 4.69) is 15.0 Å². The van der Waals surface area contributed by atoms with E-state index in [9.17, 15) is 14.4 Å². The Morgan fingerprint density at radius 1 is 1.22 bits per heavy atom. The van der Waals surface area contributed by atoms with Gasteiger partial charge in [0.15, 0.2) is 6.61 Å². The van der Waals surface area contributed by atoms with E-state index in [4.69, 9.17) is 4.74 Å². The van der Waals surface area contributed by atoms with Gasteiger partial charge in [0, 0.05) is 11.7 Å². The molecular formula is C16H24N2O5. The van der Waals surface area contributed by atoms with E-state index in [0.717, 1.165) is 12.8 Å². The van der Waals surface area contributed by atoms with Gasteiger partial charge in [-0.15, -0.1) is 0 Å². The lowest BCUT2D eigenvalue weighted by Crippen LogP contribution is -2.35. The minimum Gasteiger partial charge on any atom is -0.465 e. The highest BCUT2D eigenvalue weighted by Gasteiger charge is 2.23. The van der Waals surface area contributed by atoms with Crippen molar-refractivity contribution in [2.45, 2.75) is 46.6 Å². The number of hydrogen-bond donors (Lipinski definition) is 2. The summed E-state index contributed by atoms with van der Waals surface area (Å²) in [5.41, 5.74) is 1.42. The van der Waals surface area contributed by atoms with Gasteiger partial charge in [0.05, 0.1) is 12.7 Å². The number of H-pyrrole nitrogens is 1. The first-order valence-electron chi connectivity index (χ1n) is 7.55. The van der Waals surface area contributed by atoms with Crippen molar-refractivity contribution in [3.05, 3.63) is 22.5 Å². The normalized spacial score (nSPS) is 11.7. The Kier molecular flexibility index (Phi) is 6.81. The molecule has 0 saturated carbocycles. The predicted molar refractivity (Wildman–Crippen MR) is 84.4 cm³/mol. The molecule has 1 atom stereocenters. The fourth-order valence-electron chi connectivity index (χ4n) is 2.39. The van der Waals surface area contributed by atoms with Gasteiger partial charge in [0.2, 0.25) is 0 Å². The maximum absolute atomic E-state index is 12.1. The lowest BCUT2D eigenvalue weighted by molar-refractivity contribution is -0.124. The molecule has 1 aromatic rings. The quantitative estimate of drug-likeness (QED) is 0.746. The summed E-state index contributed by atoms with van der Waals surface area (Å²) >= 11 is 0. The zero-order chi connectivity index (χ0) is 17.6. The lowest BCUT2D eigenvalue weighted by atomic mass is 10.1. The first-order chi connectivity index (χ1) is 10.8. The Bertz CT molecular complexity index is 592. The van der Waals surface area contributed by atoms with Gasteiger partial charge >= 0.3 is 11.9 Å². The number of aromatic amines is 1. The average Bonchev–Trinajstić information content (AvgIpc) is 2.79. The van der Waals surface area contributed by atoms with Crippen LogP contribution in [0.1, 0.15) is 58.8 Å². The minimum absolute atomic E-state index is 0.0339. The number of aryl methyl sites for hydroxylation is 1. The van der Waals surface area contributed by atoms with E-state index in [1.807, 2.05) is 13.8 Å². The van der Waals surface area contributed by atoms with E-state index in [-0.39, 0.29) is 24.2 Å². The third-order valence-electron chi connectivity index (χ3n) is 3.49. The largest absolute Gasteiger partial charge is 0.465 e. The molecule has 1 amide bonds. The van der Waals surface area contributed by atoms with Crippen LogP contribution in [0.2, 0.25) is 0 Å². The highest BCUT2D eigenvalue weighted by Crippen LogP contribution is 2.19. The molecule has 128 valence electrons. The summed E-state index contributed by atoms with van der Waals surface area (Å²) in [5.74, 6) is -1.56. The van der Waals surface area contributed by atoms with Gasteiger partial charge in [0.25, 0.3) is 5.91 Å². The van der Waals surface area contributed by atoms with Crippen molar-refractivity contribution in [2.75, 3.05) is 13.7 Å². The van der Waals surface area contributed by atoms with E-state index < -0.39 is 11.9 Å². The van der Waals surface area contributed by atoms with Crippen molar-refractivity contribution < 1.29 is 23.9 Å². The number of hydrogen-bond acceptors (Lipinski definition) is 5. The van der Waals surface area contributed by atoms with Crippen LogP contribution in [0, 0.1) is 13.8 Å². The number of carbonyl (C=O) groups is 3. The summed E-state index contributed by atoms with van der Waals surface area (Å²) in [4.78, 5) is 38.3. The Hall–Kier alpha value is -2.31. The maximum atomic E-state index is 12.1. The molecule has 0 spiro atoms. The summed E-state index contributed by atoms with van der Waals surface area (Å²) in [6.07, 6.45) is 1.82. The van der Waals surface area contributed by atoms with Crippen LogP contribution < -0.4 is 5.32 Å². The van der Waals surface area contributed by atoms with Crippen molar-refractivity contribution in [2.24, 2.45) is 0 Å². The number of aromatic nitrogens is 1. The van der Waals surface area contributed by atoms with Crippen LogP contribution in [0.4, 0.5) is 0 Å². The number of methoxy groups -OCH3 is 1. The lowest BCUT2D eigenvalue weighted by Gasteiger charge is -2.12. The van der Waals surface area contributed by atoms with Crippen LogP contribution in [0.3, 0.4) is 0 Å². The van der Waals surface area contributed by atoms with Crippen LogP contribution in [0.25, 0.3) is 0 Å². The van der Waals surface area contributed by atoms with Crippen molar-refractivity contribution in [3.8, 4) is 0 Å². The molecule has 0 saturated heterocycles. The molecule has 1 unspecified atom stereocenters. The van der Waals surface area contributed by atoms with Gasteiger partial charge in [-0.2, -0.15) is 0 Å². The van der Waals surface area contributed by atoms with E-state index in [0.29, 0.717) is 16.8 Å². The molecule has 0 fully saturated rings. The number of amides is 1. The monoisotopic (exact) mass is 324 g/mol. The molecule has 1 heterocycles. The molecule has 0 bridgehead atoms. The third kappa shape index (κ3) is 4.84. The van der Waals surface area contributed by atoms with Crippen molar-refractivity contribution in [3.63, 3.8) is 0 Å². The Balaban J connectivity index is 2.69. The predicted octanol–water partition coefficient (Wildman–Crippen LogP) is 1.88. The number of nitrogens with one attached hydrogen (secondary N) is 2. The SMILES string of the molecule is CCCC(C)NC(=O)COC(=O)c1[nH]c(C)c(C(=O)OC)c1C. The number of carbonyl (C=O) groups excluding carboxylic acids is 3. The smallest absolute Gasteiger partial charge is 0.355 e. The minimum atomic E-state index is -0.681. The number of rotatable bonds is 7. The highest BCUT2D eigenvalue weighted by atomic mass is 16.5. The van der Waals surface area contributed by atoms with Gasteiger partial charge in [-0.3, -0.25) is 4.79 Å². The molecule has 0 aliphatic rings. The molecule has 7 heteroatoms. The molecule has 1 rings (SSSR count). The van der Waals surface area contributed by atoms with Crippen molar-refractivity contribution in [1.82, 2.24) is 10.3 Å². The fourth-order valence-corrected chi connectivity index (χ4v) is 2.39. The van der Waals surface area contributed by atoms with Gasteiger partial charge in [-0.1, -0.05) is 13.3 Å². The Morgan fingerprint density at radius 2 is 1.87 bits per heavy atom. The second kappa shape index (κ2) is 8.36. The van der Waals surface area contributed by atoms with Crippen LogP contribution in [0.15, 0.2) is 0 Å². The molecule has 0 aliphatic carbocycles. The summed E-state index contributed by atoms with van der Waals surface area (Å²) < 4.78 is 9.68. The average molecular weight is 324 g/mol. The molecule has 23 heavy (non-hydrogen) atoms. The van der Waals surface area contributed by atoms with E-state index in [1.165, 1.54) is 7.11 Å². The molecule has 0 aromatic carbocycles. The second-order valence-corrected chi connectivity index (χ2v) is 5.45. The van der Waals surface area contributed by atoms with Crippen molar-refractivity contribution >= 4 is 17.8 Å². The van der Waals surface area contributed by atoms with Crippen LogP contribution in [0.5, 0.6) is 0 Å². The Labute approximate surface area is 135 Å². The van der Waals surface area contributed by atoms with Crippen LogP contribution >= 0.6 is 0 Å². The van der Waals surface area contributed by atoms with E-state index in [1.54, 1.807) is 13.8 Å². The van der Waals surface area contributed by atoms with Gasteiger partial charge < -0.3 is 19.8 Å². The summed E-state index contributed by atoms with van der Waals surface area (Å²) in [6.45, 7) is 6.84. The molecule has 7 nitrogen and oxygen atoms in total. The van der Waals surface area contributed by atoms with Gasteiger partial charge in [-0.25, -0.2) is 9.59 Å². The topological polar surface area (TPSA) is 97.5 Å². The standard InChI is InChI=1S/C16H24N2O5/c1-6-7-9(2)17-12(19)8-23-16(21)14-10(3)13(11(4)18-14)15(20)22-5/h9,18H,6-8H2,1-5H3,(H,17,19). The molecular weight excluding hydrogens is 300 g/mol. The summed E-state index contributed by atoms with van der Waals surface area (Å²) in [7, 11) is 1.27. The maximum Gasteiger partial charge on any atom is 0.355 e. The molecule has 0 radical (unpaired) electrons. The summed E-state index contributed by atoms with van der Waals surface area (Å²) in [6, 6.07) is 0.0339. The number of ether oxygens (including phenoxy) is 2. The second-order valence-electron chi connectivity index (χ2n) is 5.45. The van der Waals surface area contributed by atoms with E-state index >= 15 is 0 Å². The van der Waals surface area contributed by atoms with Gasteiger partial charge in [0.1, 0.15) is 5.69 Å². The fraction of sp³-hybridized carbons (Fsp3) is 0.562. The summed E-state index contributed by atoms with van der Waals surface area (Å²) in [5, 5.41) is 2.75. The zero-order valence-corrected chi connectivity index (χ0v) is 14.2. The van der Waals surface area contributed by atoms with Crippen molar-refractivity contribution in [1.29, 1.82) is 0 Å². The Morgan fingerprint density at radius 3 is 2.43 bits per heavy atom. The first-order valence-corrected chi connectivity index (χ1v) is 7.55. The first kappa shape index (κ1) is 18.7. The van der Waals surface area contributed by atoms with Crippen LogP contribution in [-0.4, -0.2) is 42.6 Å². The number of esters is 2. The van der Waals surface area contributed by atoms with Gasteiger partial charge in [-0.05, 0) is 32.8 Å². The zero-order valence-electron chi connectivity index (χ0n) is 14.2. The molecule has 2 N–H and O–H groups in total. The molecule has 1 aromatic heterocycles. The highest BCUT2D eigenvalue weighted by molar-refractivity contribution is 5.99. The van der Waals surface area contributed by atoms with Crippen LogP contribution in [-0.2, 0) is 14.3 Å².